The summed E-state index contributed by atoms with van der Waals surface area (Å²) in [6, 6.07) is 16.7. The van der Waals surface area contributed by atoms with Crippen LogP contribution in [0, 0.1) is 0 Å². The van der Waals surface area contributed by atoms with Crippen molar-refractivity contribution in [3.8, 4) is 0 Å². The summed E-state index contributed by atoms with van der Waals surface area (Å²) >= 11 is 0. The lowest BCUT2D eigenvalue weighted by atomic mass is 9.91. The fraction of sp³-hybridized carbons (Fsp3) is 0.235. The van der Waals surface area contributed by atoms with Crippen LogP contribution in [0.4, 0.5) is 0 Å². The molecule has 2 unspecified atom stereocenters. The monoisotopic (exact) mass is 318 g/mol. The summed E-state index contributed by atoms with van der Waals surface area (Å²) in [6.45, 7) is 2.29. The molecule has 2 atom stereocenters. The highest BCUT2D eigenvalue weighted by molar-refractivity contribution is 7.55. The Kier molecular flexibility index (Phi) is 6.08. The molecule has 0 aromatic heterocycles. The van der Waals surface area contributed by atoms with Gasteiger partial charge in [-0.1, -0.05) is 42.5 Å². The minimum atomic E-state index is -1.60. The fourth-order valence-corrected chi connectivity index (χ4v) is 3.02. The number of methoxy groups -OCH3 is 1. The van der Waals surface area contributed by atoms with E-state index in [-0.39, 0.29) is 5.97 Å². The number of esters is 1. The maximum Gasteiger partial charge on any atom is 0.317 e. The zero-order valence-electron chi connectivity index (χ0n) is 12.6. The molecule has 0 bridgehead atoms. The topological polar surface area (TPSA) is 55.8 Å². The molecule has 0 spiro atoms. The fourth-order valence-electron chi connectivity index (χ4n) is 2.22. The van der Waals surface area contributed by atoms with Crippen molar-refractivity contribution in [1.29, 1.82) is 0 Å². The molecule has 0 fully saturated rings. The first-order valence-corrected chi connectivity index (χ1v) is 8.23. The molecule has 0 heterocycles. The van der Waals surface area contributed by atoms with Gasteiger partial charge in [-0.2, -0.15) is 0 Å². The smallest absolute Gasteiger partial charge is 0.317 e. The average Bonchev–Trinajstić information content (AvgIpc) is 2.56. The van der Waals surface area contributed by atoms with Gasteiger partial charge in [0, 0.05) is 5.30 Å². The predicted molar refractivity (Wildman–Crippen MR) is 87.1 cm³/mol. The second-order valence-corrected chi connectivity index (χ2v) is 5.97. The summed E-state index contributed by atoms with van der Waals surface area (Å²) in [6.07, 6.45) is 0. The standard InChI is InChI=1S/C17H19O4P/c1-3-21-22(19)15-11-9-14(10-12-15)16(17(18)20-2)13-7-5-4-6-8-13/h4-12,16,19H,3H2,1-2H3. The Bertz CT molecular complexity index is 598. The molecule has 4 nitrogen and oxygen atoms in total. The maximum absolute atomic E-state index is 12.1. The zero-order chi connectivity index (χ0) is 15.9. The molecule has 2 aromatic rings. The van der Waals surface area contributed by atoms with Crippen molar-refractivity contribution in [1.82, 2.24) is 0 Å². The molecular formula is C17H19O4P. The van der Waals surface area contributed by atoms with Gasteiger partial charge in [0.05, 0.1) is 13.7 Å². The van der Waals surface area contributed by atoms with Gasteiger partial charge in [-0.05, 0) is 30.2 Å². The van der Waals surface area contributed by atoms with E-state index in [9.17, 15) is 9.69 Å². The van der Waals surface area contributed by atoms with Crippen LogP contribution in [0.5, 0.6) is 0 Å². The van der Waals surface area contributed by atoms with Gasteiger partial charge in [0.25, 0.3) is 0 Å². The molecule has 0 saturated carbocycles. The molecule has 2 rings (SSSR count). The van der Waals surface area contributed by atoms with Crippen LogP contribution < -0.4 is 5.30 Å². The Morgan fingerprint density at radius 2 is 1.68 bits per heavy atom. The normalized spacial score (nSPS) is 13.4. The van der Waals surface area contributed by atoms with Crippen molar-refractivity contribution in [2.24, 2.45) is 0 Å². The van der Waals surface area contributed by atoms with E-state index in [0.717, 1.165) is 16.4 Å². The van der Waals surface area contributed by atoms with Crippen LogP contribution in [0.3, 0.4) is 0 Å². The number of rotatable bonds is 6. The highest BCUT2D eigenvalue weighted by Gasteiger charge is 2.23. The molecular weight excluding hydrogens is 299 g/mol. The lowest BCUT2D eigenvalue weighted by Gasteiger charge is -2.16. The van der Waals surface area contributed by atoms with Crippen LogP contribution >= 0.6 is 8.38 Å². The summed E-state index contributed by atoms with van der Waals surface area (Å²) in [4.78, 5) is 22.0. The molecule has 22 heavy (non-hydrogen) atoms. The Balaban J connectivity index is 2.31. The van der Waals surface area contributed by atoms with Crippen molar-refractivity contribution in [2.45, 2.75) is 12.8 Å². The molecule has 2 aromatic carbocycles. The third-order valence-electron chi connectivity index (χ3n) is 3.27. The van der Waals surface area contributed by atoms with Crippen molar-refractivity contribution in [3.63, 3.8) is 0 Å². The van der Waals surface area contributed by atoms with Gasteiger partial charge in [-0.25, -0.2) is 0 Å². The first-order chi connectivity index (χ1) is 10.7. The van der Waals surface area contributed by atoms with Gasteiger partial charge in [-0.15, -0.1) is 0 Å². The first kappa shape index (κ1) is 16.6. The second kappa shape index (κ2) is 8.04. The SMILES string of the molecule is CCOP(O)c1ccc(C(C(=O)OC)c2ccccc2)cc1. The van der Waals surface area contributed by atoms with E-state index in [2.05, 4.69) is 0 Å². The van der Waals surface area contributed by atoms with Crippen LogP contribution in [-0.4, -0.2) is 24.6 Å². The zero-order valence-corrected chi connectivity index (χ0v) is 13.5. The van der Waals surface area contributed by atoms with Crippen molar-refractivity contribution >= 4 is 19.6 Å². The lowest BCUT2D eigenvalue weighted by Crippen LogP contribution is -2.16. The Hall–Kier alpha value is -1.74. The van der Waals surface area contributed by atoms with E-state index < -0.39 is 14.3 Å². The van der Waals surface area contributed by atoms with Crippen LogP contribution in [0.2, 0.25) is 0 Å². The molecule has 0 aliphatic rings. The summed E-state index contributed by atoms with van der Waals surface area (Å²) in [7, 11) is -0.213. The number of benzene rings is 2. The van der Waals surface area contributed by atoms with Gasteiger partial charge < -0.3 is 14.2 Å². The summed E-state index contributed by atoms with van der Waals surface area (Å²) in [5, 5.41) is 0.720. The molecule has 116 valence electrons. The molecule has 0 radical (unpaired) electrons. The van der Waals surface area contributed by atoms with Crippen molar-refractivity contribution in [3.05, 3.63) is 65.7 Å². The highest BCUT2D eigenvalue weighted by Crippen LogP contribution is 2.31. The number of hydrogen-bond donors (Lipinski definition) is 1. The highest BCUT2D eigenvalue weighted by atomic mass is 31.2. The number of carbonyl (C=O) groups excluding carboxylic acids is 1. The van der Waals surface area contributed by atoms with Gasteiger partial charge in [-0.3, -0.25) is 4.79 Å². The minimum Gasteiger partial charge on any atom is -0.468 e. The quantitative estimate of drug-likeness (QED) is 0.657. The Labute approximate surface area is 131 Å². The number of carbonyl (C=O) groups is 1. The summed E-state index contributed by atoms with van der Waals surface area (Å²) < 4.78 is 10.1. The van der Waals surface area contributed by atoms with Gasteiger partial charge >= 0.3 is 5.97 Å². The maximum atomic E-state index is 12.1. The van der Waals surface area contributed by atoms with Gasteiger partial charge in [0.1, 0.15) is 5.92 Å². The second-order valence-electron chi connectivity index (χ2n) is 4.65. The number of hydrogen-bond acceptors (Lipinski definition) is 4. The average molecular weight is 318 g/mol. The predicted octanol–water partition coefficient (Wildman–Crippen LogP) is 2.96. The molecule has 0 amide bonds. The van der Waals surface area contributed by atoms with Crippen LogP contribution in [0.15, 0.2) is 54.6 Å². The van der Waals surface area contributed by atoms with Gasteiger partial charge in [0.2, 0.25) is 8.38 Å². The van der Waals surface area contributed by atoms with E-state index in [4.69, 9.17) is 9.26 Å². The van der Waals surface area contributed by atoms with E-state index >= 15 is 0 Å². The molecule has 5 heteroatoms. The third kappa shape index (κ3) is 3.92. The van der Waals surface area contributed by atoms with Crippen LogP contribution in [0.1, 0.15) is 24.0 Å². The molecule has 0 aliphatic carbocycles. The van der Waals surface area contributed by atoms with E-state index in [1.165, 1.54) is 7.11 Å². The van der Waals surface area contributed by atoms with E-state index in [1.54, 1.807) is 12.1 Å². The van der Waals surface area contributed by atoms with E-state index in [1.807, 2.05) is 49.4 Å². The minimum absolute atomic E-state index is 0.310. The van der Waals surface area contributed by atoms with E-state index in [0.29, 0.717) is 6.61 Å². The summed E-state index contributed by atoms with van der Waals surface area (Å²) in [5.74, 6) is -0.785. The molecule has 0 saturated heterocycles. The Morgan fingerprint density at radius 1 is 1.09 bits per heavy atom. The largest absolute Gasteiger partial charge is 0.468 e. The first-order valence-electron chi connectivity index (χ1n) is 7.02. The third-order valence-corrected chi connectivity index (χ3v) is 4.51. The van der Waals surface area contributed by atoms with Crippen LogP contribution in [-0.2, 0) is 14.1 Å². The van der Waals surface area contributed by atoms with Crippen LogP contribution in [0.25, 0.3) is 0 Å². The molecule has 1 N–H and O–H groups in total. The summed E-state index contributed by atoms with van der Waals surface area (Å²) in [5.41, 5.74) is 1.69. The molecule has 0 aliphatic heterocycles. The van der Waals surface area contributed by atoms with Crippen molar-refractivity contribution < 1.29 is 18.9 Å². The Morgan fingerprint density at radius 3 is 2.23 bits per heavy atom. The van der Waals surface area contributed by atoms with Crippen molar-refractivity contribution in [2.75, 3.05) is 13.7 Å². The lowest BCUT2D eigenvalue weighted by molar-refractivity contribution is -0.141. The number of ether oxygens (including phenoxy) is 1. The van der Waals surface area contributed by atoms with Gasteiger partial charge in [0.15, 0.2) is 0 Å².